The second-order valence-electron chi connectivity index (χ2n) is 5.87. The largest absolute Gasteiger partial charge is 0.481 e. The van der Waals surface area contributed by atoms with Gasteiger partial charge in [-0.15, -0.1) is 0 Å². The Morgan fingerprint density at radius 2 is 2.14 bits per heavy atom. The molecule has 1 N–H and O–H groups in total. The van der Waals surface area contributed by atoms with E-state index >= 15 is 0 Å². The number of fused-ring (bicyclic) bond motifs is 1. The van der Waals surface area contributed by atoms with Gasteiger partial charge in [0.05, 0.1) is 11.8 Å². The van der Waals surface area contributed by atoms with Crippen LogP contribution in [-0.2, 0) is 9.59 Å². The lowest BCUT2D eigenvalue weighted by Gasteiger charge is -2.32. The van der Waals surface area contributed by atoms with E-state index in [1.165, 1.54) is 0 Å². The molecule has 0 bridgehead atoms. The van der Waals surface area contributed by atoms with E-state index in [4.69, 9.17) is 9.52 Å². The maximum atomic E-state index is 12.6. The van der Waals surface area contributed by atoms with Crippen LogP contribution < -0.4 is 0 Å². The van der Waals surface area contributed by atoms with Crippen LogP contribution in [-0.4, -0.2) is 35.0 Å². The van der Waals surface area contributed by atoms with Crippen molar-refractivity contribution in [2.75, 3.05) is 13.1 Å². The number of furan rings is 1. The number of likely N-dealkylation sites (tertiary alicyclic amines) is 1. The lowest BCUT2D eigenvalue weighted by atomic mass is 9.96. The molecule has 2 heterocycles. The predicted octanol–water partition coefficient (Wildman–Crippen LogP) is 2.86. The Labute approximate surface area is 128 Å². The summed E-state index contributed by atoms with van der Waals surface area (Å²) in [6.45, 7) is 2.72. The van der Waals surface area contributed by atoms with Crippen LogP contribution in [0.2, 0.25) is 0 Å². The molecule has 1 amide bonds. The molecule has 0 spiro atoms. The normalized spacial score (nSPS) is 20.0. The highest BCUT2D eigenvalue weighted by atomic mass is 16.4. The molecule has 0 unspecified atom stereocenters. The van der Waals surface area contributed by atoms with Crippen LogP contribution >= 0.6 is 0 Å². The molecule has 1 aliphatic rings. The Balaban J connectivity index is 1.77. The number of hydrogen-bond donors (Lipinski definition) is 1. The zero-order valence-electron chi connectivity index (χ0n) is 12.5. The standard InChI is InChI=1S/C17H19NO4/c1-11(15-9-12-5-2-3-7-14(12)22-15)16(19)18-8-4-6-13(10-18)17(20)21/h2-3,5,7,9,11,13H,4,6,8,10H2,1H3,(H,20,21)/t11-,13-/m0/s1. The minimum Gasteiger partial charge on any atom is -0.481 e. The molecule has 0 saturated carbocycles. The van der Waals surface area contributed by atoms with Crippen LogP contribution in [0, 0.1) is 5.92 Å². The molecule has 5 heteroatoms. The van der Waals surface area contributed by atoms with Gasteiger partial charge in [-0.25, -0.2) is 0 Å². The number of amides is 1. The number of benzene rings is 1. The number of piperidine rings is 1. The zero-order valence-corrected chi connectivity index (χ0v) is 12.5. The summed E-state index contributed by atoms with van der Waals surface area (Å²) in [4.78, 5) is 25.4. The predicted molar refractivity (Wildman–Crippen MR) is 81.6 cm³/mol. The summed E-state index contributed by atoms with van der Waals surface area (Å²) in [5, 5.41) is 10.1. The van der Waals surface area contributed by atoms with Crippen LogP contribution in [0.4, 0.5) is 0 Å². The molecule has 0 aliphatic carbocycles. The maximum Gasteiger partial charge on any atom is 0.308 e. The van der Waals surface area contributed by atoms with E-state index in [-0.39, 0.29) is 5.91 Å². The Hall–Kier alpha value is -2.30. The van der Waals surface area contributed by atoms with E-state index in [0.717, 1.165) is 17.4 Å². The number of carboxylic acids is 1. The number of hydrogen-bond acceptors (Lipinski definition) is 3. The molecule has 22 heavy (non-hydrogen) atoms. The number of para-hydroxylation sites is 1. The summed E-state index contributed by atoms with van der Waals surface area (Å²) >= 11 is 0. The molecule has 1 aromatic heterocycles. The van der Waals surface area contributed by atoms with Crippen molar-refractivity contribution >= 4 is 22.8 Å². The molecule has 5 nitrogen and oxygen atoms in total. The van der Waals surface area contributed by atoms with Gasteiger partial charge in [-0.3, -0.25) is 9.59 Å². The molecule has 2 aromatic rings. The summed E-state index contributed by atoms with van der Waals surface area (Å²) in [6.07, 6.45) is 1.37. The Morgan fingerprint density at radius 1 is 1.36 bits per heavy atom. The van der Waals surface area contributed by atoms with Crippen molar-refractivity contribution in [1.82, 2.24) is 4.90 Å². The summed E-state index contributed by atoms with van der Waals surface area (Å²) < 4.78 is 5.75. The van der Waals surface area contributed by atoms with Crippen LogP contribution in [0.1, 0.15) is 31.4 Å². The fourth-order valence-corrected chi connectivity index (χ4v) is 2.99. The molecule has 116 valence electrons. The quantitative estimate of drug-likeness (QED) is 0.946. The van der Waals surface area contributed by atoms with Crippen LogP contribution in [0.5, 0.6) is 0 Å². The van der Waals surface area contributed by atoms with Crippen molar-refractivity contribution in [1.29, 1.82) is 0 Å². The number of carboxylic acid groups (broad SMARTS) is 1. The van der Waals surface area contributed by atoms with Gasteiger partial charge < -0.3 is 14.4 Å². The lowest BCUT2D eigenvalue weighted by molar-refractivity contribution is -0.146. The van der Waals surface area contributed by atoms with Gasteiger partial charge in [-0.05, 0) is 31.9 Å². The SMILES string of the molecule is C[C@H](C(=O)N1CCC[C@H](C(=O)O)C1)c1cc2ccccc2o1. The van der Waals surface area contributed by atoms with E-state index in [2.05, 4.69) is 0 Å². The van der Waals surface area contributed by atoms with Gasteiger partial charge in [-0.2, -0.15) is 0 Å². The second-order valence-corrected chi connectivity index (χ2v) is 5.87. The van der Waals surface area contributed by atoms with Crippen molar-refractivity contribution in [2.24, 2.45) is 5.92 Å². The van der Waals surface area contributed by atoms with Crippen LogP contribution in [0.15, 0.2) is 34.7 Å². The summed E-state index contributed by atoms with van der Waals surface area (Å²) in [6, 6.07) is 9.52. The summed E-state index contributed by atoms with van der Waals surface area (Å²) in [5.41, 5.74) is 0.763. The Bertz CT molecular complexity index is 673. The third-order valence-corrected chi connectivity index (χ3v) is 4.32. The smallest absolute Gasteiger partial charge is 0.308 e. The minimum absolute atomic E-state index is 0.0648. The number of carbonyl (C=O) groups is 2. The minimum atomic E-state index is -0.825. The number of carbonyl (C=O) groups excluding carboxylic acids is 1. The Morgan fingerprint density at radius 3 is 2.86 bits per heavy atom. The van der Waals surface area contributed by atoms with Gasteiger partial charge in [-0.1, -0.05) is 18.2 Å². The monoisotopic (exact) mass is 301 g/mol. The van der Waals surface area contributed by atoms with E-state index in [9.17, 15) is 9.59 Å². The molecule has 1 aliphatic heterocycles. The summed E-state index contributed by atoms with van der Waals surface area (Å²) in [5.74, 6) is -1.12. The fourth-order valence-electron chi connectivity index (χ4n) is 2.99. The maximum absolute atomic E-state index is 12.6. The highest BCUT2D eigenvalue weighted by Gasteiger charge is 2.31. The van der Waals surface area contributed by atoms with Gasteiger partial charge in [0.15, 0.2) is 0 Å². The van der Waals surface area contributed by atoms with Gasteiger partial charge in [0, 0.05) is 18.5 Å². The van der Waals surface area contributed by atoms with Crippen molar-refractivity contribution in [3.05, 3.63) is 36.1 Å². The van der Waals surface area contributed by atoms with Crippen LogP contribution in [0.3, 0.4) is 0 Å². The first-order valence-corrected chi connectivity index (χ1v) is 7.56. The van der Waals surface area contributed by atoms with E-state index in [1.807, 2.05) is 37.3 Å². The molecular weight excluding hydrogens is 282 g/mol. The highest BCUT2D eigenvalue weighted by Crippen LogP contribution is 2.28. The third-order valence-electron chi connectivity index (χ3n) is 4.32. The lowest BCUT2D eigenvalue weighted by Crippen LogP contribution is -2.43. The average molecular weight is 301 g/mol. The topological polar surface area (TPSA) is 70.8 Å². The van der Waals surface area contributed by atoms with Crippen molar-refractivity contribution in [2.45, 2.75) is 25.7 Å². The fraction of sp³-hybridized carbons (Fsp3) is 0.412. The van der Waals surface area contributed by atoms with Crippen LogP contribution in [0.25, 0.3) is 11.0 Å². The first-order valence-electron chi connectivity index (χ1n) is 7.56. The molecular formula is C17H19NO4. The molecule has 3 rings (SSSR count). The van der Waals surface area contributed by atoms with E-state index in [0.29, 0.717) is 25.3 Å². The van der Waals surface area contributed by atoms with E-state index in [1.54, 1.807) is 4.90 Å². The van der Waals surface area contributed by atoms with Gasteiger partial charge in [0.25, 0.3) is 0 Å². The number of nitrogens with zero attached hydrogens (tertiary/aromatic N) is 1. The van der Waals surface area contributed by atoms with Crippen molar-refractivity contribution in [3.8, 4) is 0 Å². The van der Waals surface area contributed by atoms with Crippen molar-refractivity contribution in [3.63, 3.8) is 0 Å². The molecule has 1 fully saturated rings. The molecule has 1 saturated heterocycles. The van der Waals surface area contributed by atoms with Gasteiger partial charge in [0.1, 0.15) is 11.3 Å². The average Bonchev–Trinajstić information content (AvgIpc) is 2.97. The third kappa shape index (κ3) is 2.71. The first kappa shape index (κ1) is 14.6. The molecule has 2 atom stereocenters. The Kier molecular flexibility index (Phi) is 3.88. The number of aliphatic carboxylic acids is 1. The van der Waals surface area contributed by atoms with Gasteiger partial charge in [0.2, 0.25) is 5.91 Å². The highest BCUT2D eigenvalue weighted by molar-refractivity contribution is 5.86. The number of rotatable bonds is 3. The van der Waals surface area contributed by atoms with Crippen molar-refractivity contribution < 1.29 is 19.1 Å². The molecule has 1 aromatic carbocycles. The first-order chi connectivity index (χ1) is 10.6. The molecule has 0 radical (unpaired) electrons. The summed E-state index contributed by atoms with van der Waals surface area (Å²) in [7, 11) is 0. The zero-order chi connectivity index (χ0) is 15.7. The second kappa shape index (κ2) is 5.83. The van der Waals surface area contributed by atoms with Gasteiger partial charge >= 0.3 is 5.97 Å². The van der Waals surface area contributed by atoms with E-state index < -0.39 is 17.8 Å².